The Morgan fingerprint density at radius 2 is 1.72 bits per heavy atom. The van der Waals surface area contributed by atoms with E-state index in [1.165, 1.54) is 11.0 Å². The lowest BCUT2D eigenvalue weighted by molar-refractivity contribution is -0.137. The van der Waals surface area contributed by atoms with Crippen LogP contribution < -0.4 is 4.74 Å². The maximum Gasteiger partial charge on any atom is 0.330 e. The van der Waals surface area contributed by atoms with Crippen molar-refractivity contribution in [3.8, 4) is 5.75 Å². The second kappa shape index (κ2) is 9.37. The van der Waals surface area contributed by atoms with Gasteiger partial charge in [-0.05, 0) is 48.9 Å². The first-order valence-electron chi connectivity index (χ1n) is 8.75. The van der Waals surface area contributed by atoms with Crippen LogP contribution in [-0.4, -0.2) is 42.9 Å². The molecule has 0 aromatic heterocycles. The summed E-state index contributed by atoms with van der Waals surface area (Å²) < 4.78 is 12.0. The van der Waals surface area contributed by atoms with Crippen molar-refractivity contribution in [3.05, 3.63) is 68.1 Å². The Balaban J connectivity index is 1.50. The van der Waals surface area contributed by atoms with Gasteiger partial charge in [0, 0.05) is 27.1 Å². The number of nitrogens with zero attached hydrogens (tertiary/aromatic N) is 1. The highest BCUT2D eigenvalue weighted by Gasteiger charge is 2.35. The number of hydrogen-bond acceptors (Lipinski definition) is 5. The van der Waals surface area contributed by atoms with Gasteiger partial charge in [-0.2, -0.15) is 0 Å². The summed E-state index contributed by atoms with van der Waals surface area (Å²) >= 11 is 6.67. The summed E-state index contributed by atoms with van der Waals surface area (Å²) in [6.45, 7) is 0.274. The number of benzene rings is 2. The van der Waals surface area contributed by atoms with Gasteiger partial charge in [-0.3, -0.25) is 14.5 Å². The molecule has 29 heavy (non-hydrogen) atoms. The maximum absolute atomic E-state index is 12.4. The van der Waals surface area contributed by atoms with E-state index >= 15 is 0 Å². The van der Waals surface area contributed by atoms with Crippen molar-refractivity contribution >= 4 is 55.7 Å². The van der Waals surface area contributed by atoms with Gasteiger partial charge in [-0.1, -0.05) is 31.9 Å². The molecule has 0 fully saturated rings. The molecule has 1 aliphatic rings. The molecule has 0 N–H and O–H groups in total. The lowest BCUT2D eigenvalue weighted by Gasteiger charge is -2.13. The minimum absolute atomic E-state index is 0.0931. The number of hydrogen-bond donors (Lipinski definition) is 0. The van der Waals surface area contributed by atoms with Crippen molar-refractivity contribution in [1.29, 1.82) is 0 Å². The van der Waals surface area contributed by atoms with Crippen LogP contribution in [0.3, 0.4) is 0 Å². The molecular weight excluding hydrogens is 506 g/mol. The number of amides is 2. The molecule has 6 nitrogen and oxygen atoms in total. The molecule has 1 aliphatic heterocycles. The van der Waals surface area contributed by atoms with Gasteiger partial charge in [0.2, 0.25) is 0 Å². The van der Waals surface area contributed by atoms with E-state index < -0.39 is 5.97 Å². The summed E-state index contributed by atoms with van der Waals surface area (Å²) in [5.41, 5.74) is 1.50. The largest absolute Gasteiger partial charge is 0.496 e. The molecule has 0 spiro atoms. The van der Waals surface area contributed by atoms with Crippen LogP contribution in [0.15, 0.2) is 51.4 Å². The van der Waals surface area contributed by atoms with Crippen LogP contribution in [0.2, 0.25) is 0 Å². The minimum Gasteiger partial charge on any atom is -0.496 e. The van der Waals surface area contributed by atoms with Gasteiger partial charge >= 0.3 is 5.97 Å². The van der Waals surface area contributed by atoms with Crippen molar-refractivity contribution < 1.29 is 23.9 Å². The summed E-state index contributed by atoms with van der Waals surface area (Å²) in [6.07, 6.45) is 3.27. The second-order valence-corrected chi connectivity index (χ2v) is 8.02. The molecule has 3 rings (SSSR count). The van der Waals surface area contributed by atoms with Gasteiger partial charge < -0.3 is 9.47 Å². The number of imide groups is 1. The zero-order chi connectivity index (χ0) is 21.0. The van der Waals surface area contributed by atoms with Crippen LogP contribution in [0.4, 0.5) is 0 Å². The Kier molecular flexibility index (Phi) is 6.87. The number of carbonyl (C=O) groups excluding carboxylic acids is 3. The normalized spacial score (nSPS) is 13.1. The number of fused-ring (bicyclic) bond motifs is 1. The first kappa shape index (κ1) is 21.3. The fourth-order valence-corrected chi connectivity index (χ4v) is 3.64. The van der Waals surface area contributed by atoms with Gasteiger partial charge in [-0.25, -0.2) is 4.79 Å². The average molecular weight is 523 g/mol. The molecule has 1 heterocycles. The molecule has 0 atom stereocenters. The lowest BCUT2D eigenvalue weighted by atomic mass is 10.1. The number of esters is 1. The highest BCUT2D eigenvalue weighted by Crippen LogP contribution is 2.26. The molecule has 0 bridgehead atoms. The molecule has 0 radical (unpaired) electrons. The maximum atomic E-state index is 12.4. The summed E-state index contributed by atoms with van der Waals surface area (Å²) in [7, 11) is 1.55. The molecule has 2 aromatic carbocycles. The molecule has 8 heteroatoms. The number of halogens is 2. The van der Waals surface area contributed by atoms with Crippen LogP contribution in [0.25, 0.3) is 6.08 Å². The average Bonchev–Trinajstić information content (AvgIpc) is 2.93. The molecule has 0 aliphatic carbocycles. The van der Waals surface area contributed by atoms with Gasteiger partial charge in [0.1, 0.15) is 5.75 Å². The van der Waals surface area contributed by atoms with Gasteiger partial charge in [0.15, 0.2) is 0 Å². The van der Waals surface area contributed by atoms with Gasteiger partial charge in [0.05, 0.1) is 24.8 Å². The van der Waals surface area contributed by atoms with E-state index in [9.17, 15) is 14.4 Å². The molecule has 2 amide bonds. The Morgan fingerprint density at radius 1 is 1.03 bits per heavy atom. The number of carbonyl (C=O) groups is 3. The van der Waals surface area contributed by atoms with Crippen molar-refractivity contribution in [2.24, 2.45) is 0 Å². The lowest BCUT2D eigenvalue weighted by Crippen LogP contribution is -2.31. The highest BCUT2D eigenvalue weighted by atomic mass is 79.9. The molecule has 0 saturated carbocycles. The van der Waals surface area contributed by atoms with Crippen molar-refractivity contribution in [2.75, 3.05) is 20.3 Å². The van der Waals surface area contributed by atoms with Crippen molar-refractivity contribution in [3.63, 3.8) is 0 Å². The highest BCUT2D eigenvalue weighted by molar-refractivity contribution is 9.10. The standard InChI is InChI=1S/C21H17Br2NO5/c1-28-18-7-5-14(22)11-13(18)3-8-19(25)29-10-2-9-24-20(26)16-6-4-15(23)12-17(16)21(24)27/h3-8,11-12H,2,9-10H2,1H3/b8-3+. The van der Waals surface area contributed by atoms with E-state index in [1.807, 2.05) is 12.1 Å². The second-order valence-electron chi connectivity index (χ2n) is 6.19. The monoisotopic (exact) mass is 521 g/mol. The predicted molar refractivity (Wildman–Crippen MR) is 115 cm³/mol. The predicted octanol–water partition coefficient (Wildman–Crippen LogP) is 4.46. The van der Waals surface area contributed by atoms with E-state index in [2.05, 4.69) is 31.9 Å². The van der Waals surface area contributed by atoms with Gasteiger partial charge in [0.25, 0.3) is 11.8 Å². The van der Waals surface area contributed by atoms with Crippen LogP contribution in [0.5, 0.6) is 5.75 Å². The Morgan fingerprint density at radius 3 is 2.48 bits per heavy atom. The van der Waals surface area contributed by atoms with E-state index in [-0.39, 0.29) is 25.0 Å². The van der Waals surface area contributed by atoms with Crippen LogP contribution in [-0.2, 0) is 9.53 Å². The molecule has 0 saturated heterocycles. The van der Waals surface area contributed by atoms with Crippen molar-refractivity contribution in [1.82, 2.24) is 4.90 Å². The Labute approximate surface area is 184 Å². The topological polar surface area (TPSA) is 72.9 Å². The summed E-state index contributed by atoms with van der Waals surface area (Å²) in [5, 5.41) is 0. The number of rotatable bonds is 7. The number of ether oxygens (including phenoxy) is 2. The number of methoxy groups -OCH3 is 1. The minimum atomic E-state index is -0.515. The molecule has 0 unspecified atom stereocenters. The van der Waals surface area contributed by atoms with E-state index in [0.717, 1.165) is 14.5 Å². The quantitative estimate of drug-likeness (QED) is 0.232. The molecule has 150 valence electrons. The fourth-order valence-electron chi connectivity index (χ4n) is 2.90. The van der Waals surface area contributed by atoms with Crippen LogP contribution in [0.1, 0.15) is 32.7 Å². The van der Waals surface area contributed by atoms with Gasteiger partial charge in [-0.15, -0.1) is 0 Å². The van der Waals surface area contributed by atoms with E-state index in [1.54, 1.807) is 37.5 Å². The smallest absolute Gasteiger partial charge is 0.330 e. The zero-order valence-corrected chi connectivity index (χ0v) is 18.7. The van der Waals surface area contributed by atoms with Crippen LogP contribution >= 0.6 is 31.9 Å². The first-order chi connectivity index (χ1) is 13.9. The summed E-state index contributed by atoms with van der Waals surface area (Å²) in [4.78, 5) is 37.8. The molecule has 2 aromatic rings. The summed E-state index contributed by atoms with van der Waals surface area (Å²) in [5.74, 6) is -0.544. The van der Waals surface area contributed by atoms with E-state index in [0.29, 0.717) is 23.3 Å². The third-order valence-corrected chi connectivity index (χ3v) is 5.28. The zero-order valence-electron chi connectivity index (χ0n) is 15.5. The fraction of sp³-hybridized carbons (Fsp3) is 0.190. The van der Waals surface area contributed by atoms with Crippen molar-refractivity contribution in [2.45, 2.75) is 6.42 Å². The third kappa shape index (κ3) is 4.94. The third-order valence-electron chi connectivity index (χ3n) is 4.29. The van der Waals surface area contributed by atoms with Crippen LogP contribution in [0, 0.1) is 0 Å². The Hall–Kier alpha value is -2.45. The molecular formula is C21H17Br2NO5. The Bertz CT molecular complexity index is 1000. The summed E-state index contributed by atoms with van der Waals surface area (Å²) in [6, 6.07) is 10.4. The van der Waals surface area contributed by atoms with E-state index in [4.69, 9.17) is 9.47 Å². The SMILES string of the molecule is COc1ccc(Br)cc1/C=C/C(=O)OCCCN1C(=O)c2ccc(Br)cc2C1=O. The first-order valence-corrected chi connectivity index (χ1v) is 10.3.